The molecule has 2 aromatic rings. The molecule has 19 heavy (non-hydrogen) atoms. The summed E-state index contributed by atoms with van der Waals surface area (Å²) < 4.78 is 0. The topological polar surface area (TPSA) is 68.0 Å². The number of nitrogens with one attached hydrogen (secondary N) is 1. The van der Waals surface area contributed by atoms with Gasteiger partial charge >= 0.3 is 0 Å². The van der Waals surface area contributed by atoms with Crippen LogP contribution < -0.4 is 11.1 Å². The van der Waals surface area contributed by atoms with Gasteiger partial charge in [-0.05, 0) is 18.2 Å². The van der Waals surface area contributed by atoms with Crippen LogP contribution in [0.3, 0.4) is 0 Å². The summed E-state index contributed by atoms with van der Waals surface area (Å²) in [6, 6.07) is 4.44. The zero-order chi connectivity index (χ0) is 14.0. The minimum Gasteiger partial charge on any atom is -0.397 e. The molecule has 0 fully saturated rings. The molecule has 1 aromatic heterocycles. The number of nitrogen functional groups attached to an aromatic ring is 1. The van der Waals surface area contributed by atoms with Crippen molar-refractivity contribution in [2.75, 3.05) is 11.1 Å². The quantitative estimate of drug-likeness (QED) is 0.826. The number of hydrogen-bond donors (Lipinski definition) is 2. The van der Waals surface area contributed by atoms with Crippen LogP contribution in [0.4, 0.5) is 11.4 Å². The molecule has 98 valence electrons. The molecule has 0 aliphatic carbocycles. The molecular formula is C12H8Cl3N3O. The Hall–Kier alpha value is -1.49. The third-order valence-electron chi connectivity index (χ3n) is 2.35. The van der Waals surface area contributed by atoms with E-state index in [1.54, 1.807) is 0 Å². The number of amides is 1. The Morgan fingerprint density at radius 3 is 2.53 bits per heavy atom. The van der Waals surface area contributed by atoms with Gasteiger partial charge in [0.2, 0.25) is 0 Å². The van der Waals surface area contributed by atoms with Crippen molar-refractivity contribution < 1.29 is 4.79 Å². The van der Waals surface area contributed by atoms with Crippen molar-refractivity contribution in [2.24, 2.45) is 0 Å². The van der Waals surface area contributed by atoms with E-state index in [0.717, 1.165) is 0 Å². The highest BCUT2D eigenvalue weighted by Crippen LogP contribution is 2.32. The number of carbonyl (C=O) groups is 1. The summed E-state index contributed by atoms with van der Waals surface area (Å²) in [5, 5.41) is 3.51. The van der Waals surface area contributed by atoms with Gasteiger partial charge in [0, 0.05) is 6.20 Å². The molecule has 0 saturated heterocycles. The number of pyridine rings is 1. The number of nitrogens with two attached hydrogens (primary N) is 1. The SMILES string of the molecule is Nc1cnccc1C(=O)Nc1cc(Cl)c(Cl)cc1Cl. The van der Waals surface area contributed by atoms with Crippen LogP contribution in [0, 0.1) is 0 Å². The van der Waals surface area contributed by atoms with Gasteiger partial charge in [0.15, 0.2) is 0 Å². The Morgan fingerprint density at radius 1 is 1.16 bits per heavy atom. The smallest absolute Gasteiger partial charge is 0.257 e. The lowest BCUT2D eigenvalue weighted by Gasteiger charge is -2.09. The largest absolute Gasteiger partial charge is 0.397 e. The van der Waals surface area contributed by atoms with Crippen LogP contribution >= 0.6 is 34.8 Å². The van der Waals surface area contributed by atoms with E-state index in [1.165, 1.54) is 30.6 Å². The molecule has 3 N–H and O–H groups in total. The van der Waals surface area contributed by atoms with Crippen LogP contribution in [0.25, 0.3) is 0 Å². The van der Waals surface area contributed by atoms with Crippen LogP contribution in [0.15, 0.2) is 30.6 Å². The molecule has 2 rings (SSSR count). The molecule has 0 atom stereocenters. The fourth-order valence-electron chi connectivity index (χ4n) is 1.42. The Morgan fingerprint density at radius 2 is 1.84 bits per heavy atom. The summed E-state index contributed by atoms with van der Waals surface area (Å²) in [6.45, 7) is 0. The van der Waals surface area contributed by atoms with E-state index in [4.69, 9.17) is 40.5 Å². The predicted molar refractivity (Wildman–Crippen MR) is 78.1 cm³/mol. The number of halogens is 3. The third-order valence-corrected chi connectivity index (χ3v) is 3.39. The number of rotatable bonds is 2. The van der Waals surface area contributed by atoms with Gasteiger partial charge in [-0.15, -0.1) is 0 Å². The first kappa shape index (κ1) is 13.9. The van der Waals surface area contributed by atoms with Gasteiger partial charge in [-0.25, -0.2) is 0 Å². The first-order valence-electron chi connectivity index (χ1n) is 5.14. The van der Waals surface area contributed by atoms with Crippen LogP contribution in [0.1, 0.15) is 10.4 Å². The summed E-state index contributed by atoms with van der Waals surface area (Å²) in [7, 11) is 0. The Bertz CT molecular complexity index is 646. The first-order chi connectivity index (χ1) is 8.99. The van der Waals surface area contributed by atoms with E-state index < -0.39 is 5.91 Å². The maximum absolute atomic E-state index is 12.0. The summed E-state index contributed by atoms with van der Waals surface area (Å²) in [5.74, 6) is -0.403. The van der Waals surface area contributed by atoms with Gasteiger partial charge in [0.05, 0.1) is 38.2 Å². The molecule has 4 nitrogen and oxygen atoms in total. The molecule has 0 radical (unpaired) electrons. The van der Waals surface area contributed by atoms with Crippen molar-refractivity contribution in [3.8, 4) is 0 Å². The van der Waals surface area contributed by atoms with Gasteiger partial charge in [0.25, 0.3) is 5.91 Å². The third kappa shape index (κ3) is 3.10. The number of anilines is 2. The Balaban J connectivity index is 2.30. The second kappa shape index (κ2) is 5.65. The summed E-state index contributed by atoms with van der Waals surface area (Å²) in [6.07, 6.45) is 2.87. The van der Waals surface area contributed by atoms with Crippen LogP contribution in [-0.4, -0.2) is 10.9 Å². The van der Waals surface area contributed by atoms with Crippen molar-refractivity contribution in [1.82, 2.24) is 4.98 Å². The molecule has 1 heterocycles. The maximum atomic E-state index is 12.0. The van der Waals surface area contributed by atoms with Gasteiger partial charge in [-0.2, -0.15) is 0 Å². The Labute approximate surface area is 124 Å². The van der Waals surface area contributed by atoms with E-state index in [2.05, 4.69) is 10.3 Å². The van der Waals surface area contributed by atoms with E-state index in [9.17, 15) is 4.79 Å². The minimum atomic E-state index is -0.403. The molecule has 0 saturated carbocycles. The number of hydrogen-bond acceptors (Lipinski definition) is 3. The van der Waals surface area contributed by atoms with Gasteiger partial charge in [-0.3, -0.25) is 9.78 Å². The van der Waals surface area contributed by atoms with Gasteiger partial charge in [0.1, 0.15) is 0 Å². The number of aromatic nitrogens is 1. The molecular weight excluding hydrogens is 309 g/mol. The average molecular weight is 317 g/mol. The second-order valence-corrected chi connectivity index (χ2v) is 4.88. The zero-order valence-electron chi connectivity index (χ0n) is 9.45. The molecule has 0 aliphatic rings. The average Bonchev–Trinajstić information content (AvgIpc) is 2.36. The predicted octanol–water partition coefficient (Wildman–Crippen LogP) is 3.88. The standard InChI is InChI=1S/C12H8Cl3N3O/c13-7-3-9(15)11(4-8(7)14)18-12(19)6-1-2-17-5-10(6)16/h1-5H,16H2,(H,18,19). The van der Waals surface area contributed by atoms with Gasteiger partial charge < -0.3 is 11.1 Å². The van der Waals surface area contributed by atoms with Crippen molar-refractivity contribution in [3.05, 3.63) is 51.2 Å². The number of benzene rings is 1. The lowest BCUT2D eigenvalue weighted by Crippen LogP contribution is -2.14. The maximum Gasteiger partial charge on any atom is 0.257 e. The normalized spacial score (nSPS) is 10.3. The molecule has 0 spiro atoms. The highest BCUT2D eigenvalue weighted by molar-refractivity contribution is 6.44. The molecule has 7 heteroatoms. The van der Waals surface area contributed by atoms with E-state index >= 15 is 0 Å². The van der Waals surface area contributed by atoms with Crippen molar-refractivity contribution in [2.45, 2.75) is 0 Å². The first-order valence-corrected chi connectivity index (χ1v) is 6.28. The zero-order valence-corrected chi connectivity index (χ0v) is 11.7. The van der Waals surface area contributed by atoms with E-state index in [-0.39, 0.29) is 10.7 Å². The minimum absolute atomic E-state index is 0.274. The lowest BCUT2D eigenvalue weighted by atomic mass is 10.2. The van der Waals surface area contributed by atoms with Crippen LogP contribution in [-0.2, 0) is 0 Å². The second-order valence-electron chi connectivity index (χ2n) is 3.66. The molecule has 0 aliphatic heterocycles. The number of nitrogens with zero attached hydrogens (tertiary/aromatic N) is 1. The molecule has 1 amide bonds. The van der Waals surface area contributed by atoms with Crippen molar-refractivity contribution in [3.63, 3.8) is 0 Å². The molecule has 0 bridgehead atoms. The van der Waals surface area contributed by atoms with E-state index in [0.29, 0.717) is 21.3 Å². The molecule has 1 aromatic carbocycles. The molecule has 0 unspecified atom stereocenters. The highest BCUT2D eigenvalue weighted by atomic mass is 35.5. The summed E-state index contributed by atoms with van der Waals surface area (Å²) in [4.78, 5) is 15.8. The lowest BCUT2D eigenvalue weighted by molar-refractivity contribution is 0.102. The highest BCUT2D eigenvalue weighted by Gasteiger charge is 2.13. The van der Waals surface area contributed by atoms with Crippen molar-refractivity contribution in [1.29, 1.82) is 0 Å². The fraction of sp³-hybridized carbons (Fsp3) is 0. The number of carbonyl (C=O) groups excluding carboxylic acids is 1. The Kier molecular flexibility index (Phi) is 4.14. The van der Waals surface area contributed by atoms with Crippen LogP contribution in [0.5, 0.6) is 0 Å². The summed E-state index contributed by atoms with van der Waals surface area (Å²) in [5.41, 5.74) is 6.60. The fourth-order valence-corrected chi connectivity index (χ4v) is 2.02. The van der Waals surface area contributed by atoms with E-state index in [1.807, 2.05) is 0 Å². The van der Waals surface area contributed by atoms with Gasteiger partial charge in [-0.1, -0.05) is 34.8 Å². The summed E-state index contributed by atoms with van der Waals surface area (Å²) >= 11 is 17.6. The monoisotopic (exact) mass is 315 g/mol. The van der Waals surface area contributed by atoms with Crippen LogP contribution in [0.2, 0.25) is 15.1 Å². The van der Waals surface area contributed by atoms with Crippen molar-refractivity contribution >= 4 is 52.1 Å².